The van der Waals surface area contributed by atoms with E-state index in [0.29, 0.717) is 13.0 Å². The van der Waals surface area contributed by atoms with Gasteiger partial charge in [-0.05, 0) is 5.56 Å². The van der Waals surface area contributed by atoms with Gasteiger partial charge in [-0.3, -0.25) is 9.59 Å². The van der Waals surface area contributed by atoms with E-state index in [-0.39, 0.29) is 24.2 Å². The van der Waals surface area contributed by atoms with Crippen LogP contribution < -0.4 is 5.32 Å². The summed E-state index contributed by atoms with van der Waals surface area (Å²) in [6.45, 7) is 6.03. The number of Topliss-reactive ketones (excluding diaryl/α,β-unsaturated/α-hetero) is 1. The minimum atomic E-state index is -0.557. The van der Waals surface area contributed by atoms with E-state index in [1.807, 2.05) is 30.3 Å². The quantitative estimate of drug-likeness (QED) is 0.793. The summed E-state index contributed by atoms with van der Waals surface area (Å²) < 4.78 is 5.55. The fourth-order valence-electron chi connectivity index (χ4n) is 1.67. The molecule has 0 radical (unpaired) electrons. The average Bonchev–Trinajstić information content (AvgIpc) is 2.46. The topological polar surface area (TPSA) is 55.4 Å². The number of amides is 1. The summed E-state index contributed by atoms with van der Waals surface area (Å²) in [5, 5.41) is 2.74. The highest BCUT2D eigenvalue weighted by molar-refractivity contribution is 5.89. The van der Waals surface area contributed by atoms with E-state index in [1.54, 1.807) is 20.8 Å². The molecule has 0 aromatic heterocycles. The van der Waals surface area contributed by atoms with Gasteiger partial charge in [0.2, 0.25) is 5.91 Å². The molecule has 1 aromatic carbocycles. The Kier molecular flexibility index (Phi) is 6.94. The van der Waals surface area contributed by atoms with Crippen molar-refractivity contribution in [3.05, 3.63) is 35.9 Å². The summed E-state index contributed by atoms with van der Waals surface area (Å²) in [5.74, 6) is -0.275. The molecule has 0 unspecified atom stereocenters. The number of hydrogen-bond donors (Lipinski definition) is 1. The first-order valence-corrected chi connectivity index (χ1v) is 6.99. The van der Waals surface area contributed by atoms with Crippen molar-refractivity contribution in [2.45, 2.75) is 39.8 Å². The highest BCUT2D eigenvalue weighted by Gasteiger charge is 2.20. The maximum Gasteiger partial charge on any atom is 0.223 e. The lowest BCUT2D eigenvalue weighted by molar-refractivity contribution is -0.131. The summed E-state index contributed by atoms with van der Waals surface area (Å²) in [4.78, 5) is 23.5. The van der Waals surface area contributed by atoms with Crippen LogP contribution in [-0.4, -0.2) is 24.3 Å². The maximum absolute atomic E-state index is 11.8. The van der Waals surface area contributed by atoms with Crippen molar-refractivity contribution < 1.29 is 14.3 Å². The summed E-state index contributed by atoms with van der Waals surface area (Å²) >= 11 is 0. The summed E-state index contributed by atoms with van der Waals surface area (Å²) in [5.41, 5.74) is 1.05. The van der Waals surface area contributed by atoms with Gasteiger partial charge in [0.25, 0.3) is 0 Å². The zero-order chi connectivity index (χ0) is 15.0. The van der Waals surface area contributed by atoms with E-state index in [0.717, 1.165) is 5.56 Å². The largest absolute Gasteiger partial charge is 0.374 e. The lowest BCUT2D eigenvalue weighted by Gasteiger charge is -2.18. The lowest BCUT2D eigenvalue weighted by atomic mass is 10.1. The Bertz CT molecular complexity index is 429. The van der Waals surface area contributed by atoms with Crippen molar-refractivity contribution in [3.8, 4) is 0 Å². The molecule has 4 heteroatoms. The molecular formula is C16H23NO3. The fourth-order valence-corrected chi connectivity index (χ4v) is 1.67. The molecule has 0 heterocycles. The molecule has 1 atom stereocenters. The van der Waals surface area contributed by atoms with E-state index in [9.17, 15) is 9.59 Å². The molecule has 1 rings (SSSR count). The van der Waals surface area contributed by atoms with E-state index in [4.69, 9.17) is 4.74 Å². The van der Waals surface area contributed by atoms with Gasteiger partial charge in [-0.1, -0.05) is 51.1 Å². The van der Waals surface area contributed by atoms with Gasteiger partial charge >= 0.3 is 0 Å². The van der Waals surface area contributed by atoms with E-state index in [2.05, 4.69) is 5.32 Å². The van der Waals surface area contributed by atoms with Crippen LogP contribution in [0, 0.1) is 5.92 Å². The molecule has 1 N–H and O–H groups in total. The van der Waals surface area contributed by atoms with Crippen molar-refractivity contribution in [1.82, 2.24) is 5.32 Å². The number of carbonyl (C=O) groups excluding carboxylic acids is 2. The van der Waals surface area contributed by atoms with Crippen LogP contribution in [0.3, 0.4) is 0 Å². The molecule has 1 aromatic rings. The molecule has 0 fully saturated rings. The van der Waals surface area contributed by atoms with Crippen molar-refractivity contribution in [3.63, 3.8) is 0 Å². The first-order valence-electron chi connectivity index (χ1n) is 6.99. The molecule has 20 heavy (non-hydrogen) atoms. The molecule has 1 amide bonds. The summed E-state index contributed by atoms with van der Waals surface area (Å²) in [6.07, 6.45) is 0.387. The number of hydrogen-bond acceptors (Lipinski definition) is 3. The molecule has 0 aliphatic carbocycles. The van der Waals surface area contributed by atoms with Gasteiger partial charge in [0.1, 0.15) is 6.04 Å². The van der Waals surface area contributed by atoms with E-state index in [1.165, 1.54) is 0 Å². The van der Waals surface area contributed by atoms with Crippen molar-refractivity contribution in [2.24, 2.45) is 5.92 Å². The van der Waals surface area contributed by atoms with Gasteiger partial charge in [0, 0.05) is 12.3 Å². The zero-order valence-electron chi connectivity index (χ0n) is 12.4. The molecule has 0 aliphatic heterocycles. The number of carbonyl (C=O) groups is 2. The van der Waals surface area contributed by atoms with Crippen LogP contribution in [0.1, 0.15) is 32.8 Å². The van der Waals surface area contributed by atoms with Crippen LogP contribution in [0.2, 0.25) is 0 Å². The minimum Gasteiger partial charge on any atom is -0.374 e. The van der Waals surface area contributed by atoms with E-state index >= 15 is 0 Å². The van der Waals surface area contributed by atoms with Gasteiger partial charge in [-0.15, -0.1) is 0 Å². The number of ether oxygens (including phenoxy) is 1. The predicted molar refractivity (Wildman–Crippen MR) is 78.2 cm³/mol. The first kappa shape index (κ1) is 16.4. The van der Waals surface area contributed by atoms with Gasteiger partial charge in [-0.2, -0.15) is 0 Å². The van der Waals surface area contributed by atoms with Crippen LogP contribution in [0.5, 0.6) is 0 Å². The van der Waals surface area contributed by atoms with Gasteiger partial charge in [0.05, 0.1) is 13.2 Å². The van der Waals surface area contributed by atoms with Crippen molar-refractivity contribution >= 4 is 11.7 Å². The molecule has 0 saturated heterocycles. The first-order chi connectivity index (χ1) is 9.54. The third kappa shape index (κ3) is 5.53. The van der Waals surface area contributed by atoms with Crippen LogP contribution in [0.15, 0.2) is 30.3 Å². The van der Waals surface area contributed by atoms with Gasteiger partial charge < -0.3 is 10.1 Å². The van der Waals surface area contributed by atoms with Gasteiger partial charge in [0.15, 0.2) is 5.78 Å². The van der Waals surface area contributed by atoms with Crippen molar-refractivity contribution in [1.29, 1.82) is 0 Å². The van der Waals surface area contributed by atoms with Crippen molar-refractivity contribution in [2.75, 3.05) is 6.61 Å². The number of rotatable bonds is 8. The predicted octanol–water partition coefficient (Wildman–Crippen LogP) is 2.32. The molecule has 0 spiro atoms. The van der Waals surface area contributed by atoms with Gasteiger partial charge in [-0.25, -0.2) is 0 Å². The minimum absolute atomic E-state index is 0.00735. The Morgan fingerprint density at radius 3 is 2.40 bits per heavy atom. The maximum atomic E-state index is 11.8. The van der Waals surface area contributed by atoms with Crippen LogP contribution in [-0.2, 0) is 20.9 Å². The standard InChI is InChI=1S/C16H23NO3/c1-4-15(18)14(17-16(19)12(2)3)11-20-10-13-8-6-5-7-9-13/h5-9,12,14H,4,10-11H2,1-3H3,(H,17,19)/t14-/m0/s1. The second-order valence-corrected chi connectivity index (χ2v) is 5.04. The Hall–Kier alpha value is -1.68. The Balaban J connectivity index is 2.48. The molecule has 0 saturated carbocycles. The Morgan fingerprint density at radius 2 is 1.85 bits per heavy atom. The van der Waals surface area contributed by atoms with Crippen LogP contribution in [0.25, 0.3) is 0 Å². The second-order valence-electron chi connectivity index (χ2n) is 5.04. The Morgan fingerprint density at radius 1 is 1.20 bits per heavy atom. The summed E-state index contributed by atoms with van der Waals surface area (Å²) in [7, 11) is 0. The Labute approximate surface area is 120 Å². The SMILES string of the molecule is CCC(=O)[C@H](COCc1ccccc1)NC(=O)C(C)C. The number of ketones is 1. The highest BCUT2D eigenvalue weighted by atomic mass is 16.5. The fraction of sp³-hybridized carbons (Fsp3) is 0.500. The van der Waals surface area contributed by atoms with Crippen LogP contribution in [0.4, 0.5) is 0 Å². The summed E-state index contributed by atoms with van der Waals surface area (Å²) in [6, 6.07) is 9.18. The zero-order valence-corrected chi connectivity index (χ0v) is 12.4. The normalized spacial score (nSPS) is 12.2. The molecule has 0 bridgehead atoms. The monoisotopic (exact) mass is 277 g/mol. The molecular weight excluding hydrogens is 254 g/mol. The smallest absolute Gasteiger partial charge is 0.223 e. The van der Waals surface area contributed by atoms with Crippen LogP contribution >= 0.6 is 0 Å². The number of nitrogens with one attached hydrogen (secondary N) is 1. The molecule has 0 aliphatic rings. The second kappa shape index (κ2) is 8.48. The highest BCUT2D eigenvalue weighted by Crippen LogP contribution is 2.03. The third-order valence-corrected chi connectivity index (χ3v) is 2.97. The average molecular weight is 277 g/mol. The lowest BCUT2D eigenvalue weighted by Crippen LogP contribution is -2.45. The molecule has 4 nitrogen and oxygen atoms in total. The number of benzene rings is 1. The van der Waals surface area contributed by atoms with E-state index < -0.39 is 6.04 Å². The third-order valence-electron chi connectivity index (χ3n) is 2.97. The molecule has 110 valence electrons.